The number of rotatable bonds is 30. The number of fused-ring (bicyclic) bond motifs is 6. The first kappa shape index (κ1) is 76.5. The lowest BCUT2D eigenvalue weighted by atomic mass is 9.69. The van der Waals surface area contributed by atoms with Gasteiger partial charge in [0.05, 0.1) is 16.1 Å². The van der Waals surface area contributed by atoms with E-state index < -0.39 is 16.1 Å². The van der Waals surface area contributed by atoms with Crippen molar-refractivity contribution in [2.45, 2.75) is 436 Å². The van der Waals surface area contributed by atoms with Crippen molar-refractivity contribution >= 4 is 69.6 Å². The Morgan fingerprint density at radius 1 is 0.314 bits per heavy atom. The van der Waals surface area contributed by atoms with E-state index in [1.807, 2.05) is 0 Å². The van der Waals surface area contributed by atoms with Gasteiger partial charge in [-0.3, -0.25) is 0 Å². The van der Waals surface area contributed by atoms with E-state index in [2.05, 4.69) is 229 Å². The fraction of sp³-hybridized carbons (Fsp3) is 0.680. The van der Waals surface area contributed by atoms with Crippen molar-refractivity contribution in [2.75, 3.05) is 0 Å². The molecule has 0 fully saturated rings. The third-order valence-corrected chi connectivity index (χ3v) is 45.4. The van der Waals surface area contributed by atoms with Crippen molar-refractivity contribution in [3.63, 3.8) is 0 Å². The molecule has 102 heavy (non-hydrogen) atoms. The molecule has 13 rings (SSSR count). The van der Waals surface area contributed by atoms with Gasteiger partial charge in [0.25, 0.3) is 0 Å². The van der Waals surface area contributed by atoms with Gasteiger partial charge in [0.2, 0.25) is 0 Å². The van der Waals surface area contributed by atoms with Crippen molar-refractivity contribution in [3.05, 3.63) is 104 Å². The van der Waals surface area contributed by atoms with Crippen molar-refractivity contribution in [2.24, 2.45) is 0 Å². The largest absolute Gasteiger partial charge is 0.0996 e. The topological polar surface area (TPSA) is 0 Å². The van der Waals surface area contributed by atoms with Crippen LogP contribution >= 0.6 is 0 Å². The van der Waals surface area contributed by atoms with Gasteiger partial charge in [-0.15, -0.1) is 0 Å². The smallest absolute Gasteiger partial charge is 0.0654 e. The zero-order valence-electron chi connectivity index (χ0n) is 70.9. The van der Waals surface area contributed by atoms with Crippen LogP contribution in [0.3, 0.4) is 0 Å². The molecule has 556 valence electrons. The van der Waals surface area contributed by atoms with Gasteiger partial charge in [-0.2, -0.15) is 0 Å². The van der Waals surface area contributed by atoms with Gasteiger partial charge < -0.3 is 0 Å². The Bertz CT molecular complexity index is 3860. The first-order valence-corrected chi connectivity index (χ1v) is 48.5. The molecule has 7 aromatic carbocycles. The molecular weight excluding hydrogens is 1260 g/mol. The van der Waals surface area contributed by atoms with E-state index in [0.717, 1.165) is 0 Å². The maximum absolute atomic E-state index is 3.04. The van der Waals surface area contributed by atoms with Crippen molar-refractivity contribution < 1.29 is 0 Å². The van der Waals surface area contributed by atoms with Gasteiger partial charge >= 0.3 is 0 Å². The van der Waals surface area contributed by atoms with E-state index in [1.54, 1.807) is 131 Å². The van der Waals surface area contributed by atoms with Gasteiger partial charge in [0.1, 0.15) is 0 Å². The zero-order chi connectivity index (χ0) is 73.8. The molecule has 0 N–H and O–H groups in total. The molecule has 7 aromatic rings. The molecule has 0 spiro atoms. The Morgan fingerprint density at radius 2 is 0.539 bits per heavy atom. The molecule has 4 aliphatic carbocycles. The Morgan fingerprint density at radius 3 is 0.745 bits per heavy atom. The lowest BCUT2D eigenvalue weighted by Crippen LogP contribution is -2.54. The summed E-state index contributed by atoms with van der Waals surface area (Å²) in [5.74, 6) is 0. The van der Waals surface area contributed by atoms with Crippen LogP contribution in [0.5, 0.6) is 0 Å². The van der Waals surface area contributed by atoms with Crippen LogP contribution in [0, 0.1) is 0 Å². The van der Waals surface area contributed by atoms with Crippen LogP contribution in [-0.4, -0.2) is 16.1 Å². The minimum atomic E-state index is -2.34. The summed E-state index contributed by atoms with van der Waals surface area (Å²) in [5, 5.41) is 16.5. The molecule has 0 nitrogen and oxygen atoms in total. The summed E-state index contributed by atoms with van der Waals surface area (Å²) in [5.41, 5.74) is 28.8. The molecule has 2 heteroatoms. The maximum Gasteiger partial charge on any atom is 0.0996 e. The van der Waals surface area contributed by atoms with E-state index in [1.165, 1.54) is 180 Å². The molecule has 2 aliphatic heterocycles. The SMILES string of the molecule is CCCCC1(CCCC)CC(C)(C)c2c1cc1c(c2-c2cc3c4ccc5c6c(c(-c7c8c(cc9c7C(C)(C)CC9(CCCC)CCCC)C(CCCC)(CCCC)CC8(C)C)cc(c7ccc8c(c2C(C)[Si]8(C(C)C)C(C)C)c73)c64)C(C)[Si]5(C(C)C)C(C)C)C(C)(C)CC1(CCCC)CCCC. The summed E-state index contributed by atoms with van der Waals surface area (Å²) in [6.07, 6.45) is 36.2. The Hall–Kier alpha value is -3.73. The summed E-state index contributed by atoms with van der Waals surface area (Å²) >= 11 is 0. The predicted octanol–water partition coefficient (Wildman–Crippen LogP) is 30.5. The van der Waals surface area contributed by atoms with Gasteiger partial charge in [0.15, 0.2) is 0 Å². The number of hydrogen-bond acceptors (Lipinski definition) is 0. The van der Waals surface area contributed by atoms with Crippen molar-refractivity contribution in [3.8, 4) is 22.3 Å². The van der Waals surface area contributed by atoms with Crippen LogP contribution in [0.1, 0.15) is 427 Å². The lowest BCUT2D eigenvalue weighted by molar-refractivity contribution is 0.287. The van der Waals surface area contributed by atoms with Gasteiger partial charge in [-0.05, 0) is 287 Å². The van der Waals surface area contributed by atoms with Crippen LogP contribution in [0.4, 0.5) is 0 Å². The summed E-state index contributed by atoms with van der Waals surface area (Å²) < 4.78 is 0. The predicted molar refractivity (Wildman–Crippen MR) is 460 cm³/mol. The van der Waals surface area contributed by atoms with E-state index >= 15 is 0 Å². The minimum Gasteiger partial charge on any atom is -0.0654 e. The lowest BCUT2D eigenvalue weighted by Gasteiger charge is -2.41. The molecular formula is C100H148Si2. The molecule has 0 aromatic heterocycles. The number of hydrogen-bond donors (Lipinski definition) is 0. The molecule has 2 atom stereocenters. The normalized spacial score (nSPS) is 22.0. The number of benzene rings is 7. The highest BCUT2D eigenvalue weighted by atomic mass is 28.3. The second kappa shape index (κ2) is 27.1. The second-order valence-electron chi connectivity index (χ2n) is 40.9. The molecule has 0 amide bonds. The van der Waals surface area contributed by atoms with Gasteiger partial charge in [0, 0.05) is 0 Å². The highest BCUT2D eigenvalue weighted by molar-refractivity contribution is 6.99. The summed E-state index contributed by atoms with van der Waals surface area (Å²) in [6.45, 7) is 69.0. The van der Waals surface area contributed by atoms with Crippen molar-refractivity contribution in [1.29, 1.82) is 0 Å². The van der Waals surface area contributed by atoms with Crippen LogP contribution in [0.25, 0.3) is 65.3 Å². The van der Waals surface area contributed by atoms with Crippen molar-refractivity contribution in [1.82, 2.24) is 0 Å². The second-order valence-corrected chi connectivity index (χ2v) is 52.1. The van der Waals surface area contributed by atoms with E-state index in [-0.39, 0.29) is 43.3 Å². The highest BCUT2D eigenvalue weighted by Crippen LogP contribution is 2.70. The van der Waals surface area contributed by atoms with E-state index in [9.17, 15) is 0 Å². The molecule has 0 saturated heterocycles. The number of unbranched alkanes of at least 4 members (excludes halogenated alkanes) is 8. The first-order valence-electron chi connectivity index (χ1n) is 44.0. The van der Waals surface area contributed by atoms with Gasteiger partial charge in [-0.25, -0.2) is 0 Å². The molecule has 6 aliphatic rings. The fourth-order valence-corrected chi connectivity index (χ4v) is 42.3. The van der Waals surface area contributed by atoms with Crippen LogP contribution in [0.2, 0.25) is 22.2 Å². The third-order valence-electron chi connectivity index (χ3n) is 31.7. The Kier molecular flexibility index (Phi) is 20.3. The van der Waals surface area contributed by atoms with Crippen LogP contribution in [-0.2, 0) is 43.3 Å². The van der Waals surface area contributed by atoms with E-state index in [4.69, 9.17) is 0 Å². The van der Waals surface area contributed by atoms with E-state index in [0.29, 0.717) is 33.2 Å². The highest BCUT2D eigenvalue weighted by Gasteiger charge is 2.61. The Balaban J connectivity index is 1.28. The average molecular weight is 1410 g/mol. The molecule has 2 unspecified atom stereocenters. The first-order chi connectivity index (χ1) is 48.3. The Labute approximate surface area is 628 Å². The average Bonchev–Trinajstić information content (AvgIpc) is 1.47. The zero-order valence-corrected chi connectivity index (χ0v) is 72.9. The van der Waals surface area contributed by atoms with Crippen LogP contribution in [0.15, 0.2) is 48.5 Å². The monoisotopic (exact) mass is 1410 g/mol. The molecule has 0 radical (unpaired) electrons. The standard InChI is InChI=1S/C100H148Si2/c1-27-35-47-97(48-36-28-2)59-93(19,20)89-75(97)57-76-90(94(21,22)60-98(76,49-37-29-3)50-38-30-4)85(89)73-55-71-69-43-46-80-88-82(68(18)102(80,65(13)14)66(15)16)74(56-72(84(69)88)70-44-45-79-87(83(70)71)81(73)67(17)101(79,63(9)10)64(11)12)86-91-77(99(51-39-31-5,52-40-32-6)61-95(91,23)24)58-78-92(86)96(25,26)62-100(78,53-41-33-7)54-42-34-8/h43-46,55-58,63-68H,27-42,47-54,59-62H2,1-26H3. The minimum absolute atomic E-state index is 0.0208. The van der Waals surface area contributed by atoms with Crippen LogP contribution < -0.4 is 10.4 Å². The summed E-state index contributed by atoms with van der Waals surface area (Å²) in [7, 11) is -4.68. The molecule has 2 heterocycles. The van der Waals surface area contributed by atoms with Gasteiger partial charge in [-0.1, -0.05) is 330 Å². The quantitative estimate of drug-likeness (QED) is 0.0239. The third kappa shape index (κ3) is 10.7. The summed E-state index contributed by atoms with van der Waals surface area (Å²) in [6, 6.07) is 23.5. The molecule has 0 bridgehead atoms. The summed E-state index contributed by atoms with van der Waals surface area (Å²) in [4.78, 5) is 0. The molecule has 0 saturated carbocycles. The fourth-order valence-electron chi connectivity index (χ4n) is 28.5. The maximum atomic E-state index is 3.04.